The van der Waals surface area contributed by atoms with E-state index in [9.17, 15) is 23.3 Å². The molecule has 4 N–H and O–H groups in total. The van der Waals surface area contributed by atoms with Gasteiger partial charge in [-0.2, -0.15) is 0 Å². The van der Waals surface area contributed by atoms with Gasteiger partial charge >= 0.3 is 0 Å². The van der Waals surface area contributed by atoms with Crippen molar-refractivity contribution in [1.82, 2.24) is 9.88 Å². The van der Waals surface area contributed by atoms with Gasteiger partial charge in [0.15, 0.2) is 6.61 Å². The third-order valence-electron chi connectivity index (χ3n) is 6.99. The van der Waals surface area contributed by atoms with Crippen molar-refractivity contribution in [3.05, 3.63) is 88.6 Å². The number of nitrogens with zero attached hydrogens (tertiary/aromatic N) is 3. The molecule has 1 aliphatic rings. The average molecular weight is 615 g/mol. The van der Waals surface area contributed by atoms with Crippen LogP contribution in [0.3, 0.4) is 0 Å². The Morgan fingerprint density at radius 1 is 1.02 bits per heavy atom. The number of aromatic amines is 1. The molecule has 1 aliphatic heterocycles. The second-order valence-electron chi connectivity index (χ2n) is 9.62. The van der Waals surface area contributed by atoms with E-state index >= 15 is 0 Å². The number of carbonyl (C=O) groups is 1. The van der Waals surface area contributed by atoms with Crippen molar-refractivity contribution < 1.29 is 22.9 Å². The summed E-state index contributed by atoms with van der Waals surface area (Å²) in [7, 11) is -3.90. The molecular formula is C28H31ClN6O6S. The van der Waals surface area contributed by atoms with Crippen molar-refractivity contribution in [3.8, 4) is 5.75 Å². The molecule has 0 radical (unpaired) electrons. The molecule has 0 bridgehead atoms. The van der Waals surface area contributed by atoms with E-state index in [4.69, 9.17) is 10.5 Å². The zero-order valence-corrected chi connectivity index (χ0v) is 24.2. The van der Waals surface area contributed by atoms with Crippen LogP contribution in [0.1, 0.15) is 5.56 Å². The third-order valence-corrected chi connectivity index (χ3v) is 8.39. The predicted molar refractivity (Wildman–Crippen MR) is 163 cm³/mol. The molecule has 1 amide bonds. The Morgan fingerprint density at radius 2 is 1.71 bits per heavy atom. The number of aromatic nitrogens is 1. The first kappa shape index (κ1) is 30.6. The average Bonchev–Trinajstić information content (AvgIpc) is 3.38. The van der Waals surface area contributed by atoms with Crippen molar-refractivity contribution in [3.63, 3.8) is 0 Å². The summed E-state index contributed by atoms with van der Waals surface area (Å²) in [5.41, 5.74) is 8.89. The lowest BCUT2D eigenvalue weighted by Gasteiger charge is -2.36. The molecule has 0 atom stereocenters. The van der Waals surface area contributed by atoms with Crippen molar-refractivity contribution in [2.75, 3.05) is 49.0 Å². The van der Waals surface area contributed by atoms with Crippen molar-refractivity contribution in [2.24, 2.45) is 5.73 Å². The number of H-pyrrole nitrogens is 1. The number of sulfonamides is 1. The lowest BCUT2D eigenvalue weighted by atomic mass is 10.1. The Bertz CT molecular complexity index is 1650. The van der Waals surface area contributed by atoms with Gasteiger partial charge < -0.3 is 25.3 Å². The molecule has 12 nitrogen and oxygen atoms in total. The third kappa shape index (κ3) is 6.93. The minimum atomic E-state index is -3.90. The number of anilines is 2. The monoisotopic (exact) mass is 614 g/mol. The lowest BCUT2D eigenvalue weighted by Crippen LogP contribution is -2.50. The van der Waals surface area contributed by atoms with Gasteiger partial charge in [0.1, 0.15) is 5.75 Å². The second-order valence-corrected chi connectivity index (χ2v) is 11.3. The predicted octanol–water partition coefficient (Wildman–Crippen LogP) is 3.53. The summed E-state index contributed by atoms with van der Waals surface area (Å²) in [6.45, 7) is 2.82. The smallest absolute Gasteiger partial charge is 0.269 e. The molecule has 1 aromatic heterocycles. The maximum Gasteiger partial charge on any atom is 0.269 e. The topological polar surface area (TPSA) is 164 Å². The number of carbonyl (C=O) groups excluding carboxylic acids is 1. The fraction of sp³-hybridized carbons (Fsp3) is 0.250. The number of ether oxygens (including phenoxy) is 1. The molecule has 1 fully saturated rings. The molecule has 0 unspecified atom stereocenters. The number of nitro benzene ring substituents is 1. The molecule has 3 aromatic carbocycles. The maximum atomic E-state index is 12.8. The van der Waals surface area contributed by atoms with E-state index in [1.165, 1.54) is 12.1 Å². The highest BCUT2D eigenvalue weighted by Crippen LogP contribution is 2.25. The molecule has 14 heteroatoms. The van der Waals surface area contributed by atoms with Crippen LogP contribution in [0.2, 0.25) is 0 Å². The Labute approximate surface area is 249 Å². The van der Waals surface area contributed by atoms with Crippen LogP contribution in [0.25, 0.3) is 10.9 Å². The molecule has 0 saturated carbocycles. The van der Waals surface area contributed by atoms with Crippen LogP contribution in [-0.2, 0) is 21.2 Å². The lowest BCUT2D eigenvalue weighted by molar-refractivity contribution is -0.384. The number of fused-ring (bicyclic) bond motifs is 1. The van der Waals surface area contributed by atoms with E-state index in [0.29, 0.717) is 44.2 Å². The number of rotatable bonds is 10. The first-order chi connectivity index (χ1) is 19.7. The minimum absolute atomic E-state index is 0. The van der Waals surface area contributed by atoms with Gasteiger partial charge in [0.2, 0.25) is 0 Å². The van der Waals surface area contributed by atoms with E-state index in [-0.39, 0.29) is 35.5 Å². The standard InChI is InChI=1S/C28H30N6O6S.ClH/c29-12-11-20-18-30-27-10-7-24(17-26(20)27)40-19-28(35)33-15-13-32(14-16-33)22-3-1-21(2-4-22)31-41(38,39)25-8-5-23(6-9-25)34(36)37;/h1-10,17-18,30-31H,11-16,19,29H2;1H. The molecule has 4 aromatic rings. The number of amides is 1. The van der Waals surface area contributed by atoms with E-state index in [1.807, 2.05) is 36.5 Å². The molecule has 0 spiro atoms. The molecule has 2 heterocycles. The molecule has 5 rings (SSSR count). The molecule has 42 heavy (non-hydrogen) atoms. The van der Waals surface area contributed by atoms with Crippen molar-refractivity contribution in [2.45, 2.75) is 11.3 Å². The molecule has 1 saturated heterocycles. The van der Waals surface area contributed by atoms with Crippen LogP contribution >= 0.6 is 12.4 Å². The normalized spacial score (nSPS) is 13.5. The SMILES string of the molecule is Cl.NCCc1c[nH]c2ccc(OCC(=O)N3CCN(c4ccc(NS(=O)(=O)c5ccc([N+](=O)[O-])cc5)cc4)CC3)cc12. The summed E-state index contributed by atoms with van der Waals surface area (Å²) in [5, 5.41) is 11.9. The number of nitrogens with two attached hydrogens (primary N) is 1. The van der Waals surface area contributed by atoms with Gasteiger partial charge in [-0.1, -0.05) is 0 Å². The number of piperazine rings is 1. The quantitative estimate of drug-likeness (QED) is 0.180. The number of benzene rings is 3. The summed E-state index contributed by atoms with van der Waals surface area (Å²) in [6.07, 6.45) is 2.70. The highest BCUT2D eigenvalue weighted by atomic mass is 35.5. The largest absolute Gasteiger partial charge is 0.484 e. The van der Waals surface area contributed by atoms with Crippen LogP contribution in [-0.4, -0.2) is 68.5 Å². The molecule has 0 aliphatic carbocycles. The molecule has 222 valence electrons. The zero-order valence-electron chi connectivity index (χ0n) is 22.6. The molecular weight excluding hydrogens is 584 g/mol. The summed E-state index contributed by atoms with van der Waals surface area (Å²) in [4.78, 5) is 30.1. The minimum Gasteiger partial charge on any atom is -0.484 e. The van der Waals surface area contributed by atoms with E-state index in [2.05, 4.69) is 14.6 Å². The zero-order chi connectivity index (χ0) is 29.0. The van der Waals surface area contributed by atoms with Gasteiger partial charge in [0.25, 0.3) is 21.6 Å². The number of nitrogens with one attached hydrogen (secondary N) is 2. The van der Waals surface area contributed by atoms with Gasteiger partial charge in [-0.25, -0.2) is 8.42 Å². The summed E-state index contributed by atoms with van der Waals surface area (Å²) >= 11 is 0. The first-order valence-corrected chi connectivity index (χ1v) is 14.5. The maximum absolute atomic E-state index is 12.8. The number of hydrogen-bond acceptors (Lipinski definition) is 8. The van der Waals surface area contributed by atoms with Gasteiger partial charge in [-0.3, -0.25) is 19.6 Å². The van der Waals surface area contributed by atoms with Gasteiger partial charge in [0.05, 0.1) is 9.82 Å². The van der Waals surface area contributed by atoms with Gasteiger partial charge in [0, 0.05) is 66.8 Å². The van der Waals surface area contributed by atoms with Crippen molar-refractivity contribution in [1.29, 1.82) is 0 Å². The van der Waals surface area contributed by atoms with E-state index in [1.54, 1.807) is 17.0 Å². The Balaban J connectivity index is 0.00000405. The summed E-state index contributed by atoms with van der Waals surface area (Å²) < 4.78 is 33.6. The van der Waals surface area contributed by atoms with Crippen LogP contribution < -0.4 is 20.1 Å². The number of hydrogen-bond donors (Lipinski definition) is 3. The van der Waals surface area contributed by atoms with Crippen LogP contribution in [0, 0.1) is 10.1 Å². The Morgan fingerprint density at radius 3 is 2.36 bits per heavy atom. The number of nitro groups is 1. The van der Waals surface area contributed by atoms with Crippen LogP contribution in [0.15, 0.2) is 77.8 Å². The van der Waals surface area contributed by atoms with E-state index < -0.39 is 14.9 Å². The number of non-ortho nitro benzene ring substituents is 1. The summed E-state index contributed by atoms with van der Waals surface area (Å²) in [6, 6.07) is 17.3. The highest BCUT2D eigenvalue weighted by Gasteiger charge is 2.22. The van der Waals surface area contributed by atoms with Gasteiger partial charge in [-0.05, 0) is 73.1 Å². The van der Waals surface area contributed by atoms with Crippen molar-refractivity contribution >= 4 is 56.3 Å². The Hall–Kier alpha value is -4.33. The number of halogens is 1. The van der Waals surface area contributed by atoms with Crippen LogP contribution in [0.4, 0.5) is 17.1 Å². The van der Waals surface area contributed by atoms with Crippen LogP contribution in [0.5, 0.6) is 5.75 Å². The highest BCUT2D eigenvalue weighted by molar-refractivity contribution is 7.92. The fourth-order valence-corrected chi connectivity index (χ4v) is 5.82. The Kier molecular flexibility index (Phi) is 9.55. The summed E-state index contributed by atoms with van der Waals surface area (Å²) in [5.74, 6) is 0.545. The second kappa shape index (κ2) is 13.1. The fourth-order valence-electron chi connectivity index (χ4n) is 4.76. The first-order valence-electron chi connectivity index (χ1n) is 13.1. The van der Waals surface area contributed by atoms with Gasteiger partial charge in [-0.15, -0.1) is 12.4 Å². The van der Waals surface area contributed by atoms with E-state index in [0.717, 1.165) is 40.7 Å².